The van der Waals surface area contributed by atoms with E-state index < -0.39 is 17.6 Å². The normalized spacial score (nSPS) is 10.5. The van der Waals surface area contributed by atoms with Crippen molar-refractivity contribution < 1.29 is 14.4 Å². The zero-order valence-corrected chi connectivity index (χ0v) is 6.96. The number of hydrogen-bond acceptors (Lipinski definition) is 5. The number of Topliss-reactive ketones (excluding diaryl/α,β-unsaturated/α-hetero) is 1. The molecule has 0 fully saturated rings. The van der Waals surface area contributed by atoms with E-state index in [0.29, 0.717) is 0 Å². The molecule has 0 heterocycles. The first-order valence-electron chi connectivity index (χ1n) is 3.27. The first-order valence-corrected chi connectivity index (χ1v) is 3.27. The molecule has 0 aliphatic heterocycles. The molecule has 0 aromatic carbocycles. The molecule has 7 heteroatoms. The molecule has 0 radical (unpaired) electrons. The quantitative estimate of drug-likeness (QED) is 0.0965. The molecule has 2 amide bonds. The van der Waals surface area contributed by atoms with Gasteiger partial charge in [-0.15, -0.1) is 0 Å². The number of nitrogens with two attached hydrogens (primary N) is 2. The van der Waals surface area contributed by atoms with Gasteiger partial charge in [0, 0.05) is 6.08 Å². The number of ketones is 1. The van der Waals surface area contributed by atoms with Gasteiger partial charge in [0.15, 0.2) is 5.78 Å². The first kappa shape index (κ1) is 11.3. The Morgan fingerprint density at radius 2 is 1.69 bits per heavy atom. The monoisotopic (exact) mass is 186 g/mol. The molecule has 6 N–H and O–H groups in total. The summed E-state index contributed by atoms with van der Waals surface area (Å²) in [5.74, 6) is 7.35. The Hall–Kier alpha value is -1.73. The standard InChI is InChI=1S/C6H10N4O3/c1-3(11)4(6(13)10-8)2-5(12)9-7/h2H,7-8H2,1H3,(H,9,12)(H,10,13)/b4-2-. The lowest BCUT2D eigenvalue weighted by atomic mass is 10.1. The molecular formula is C6H10N4O3. The third-order valence-electron chi connectivity index (χ3n) is 1.17. The maximum Gasteiger partial charge on any atom is 0.268 e. The summed E-state index contributed by atoms with van der Waals surface area (Å²) in [5.41, 5.74) is 3.11. The number of amides is 2. The van der Waals surface area contributed by atoms with Crippen LogP contribution in [0, 0.1) is 0 Å². The van der Waals surface area contributed by atoms with Crippen LogP contribution in [-0.2, 0) is 14.4 Å². The predicted octanol–water partition coefficient (Wildman–Crippen LogP) is -2.52. The van der Waals surface area contributed by atoms with Gasteiger partial charge in [0.1, 0.15) is 0 Å². The minimum absolute atomic E-state index is 0.356. The van der Waals surface area contributed by atoms with Gasteiger partial charge in [0.25, 0.3) is 11.8 Å². The average Bonchev–Trinajstić information content (AvgIpc) is 2.11. The van der Waals surface area contributed by atoms with Gasteiger partial charge in [0.2, 0.25) is 0 Å². The summed E-state index contributed by atoms with van der Waals surface area (Å²) in [6.45, 7) is 1.13. The van der Waals surface area contributed by atoms with E-state index in [4.69, 9.17) is 11.7 Å². The Kier molecular flexibility index (Phi) is 4.34. The predicted molar refractivity (Wildman–Crippen MR) is 43.4 cm³/mol. The van der Waals surface area contributed by atoms with Crippen LogP contribution in [0.25, 0.3) is 0 Å². The number of carbonyl (C=O) groups is 3. The highest BCUT2D eigenvalue weighted by molar-refractivity contribution is 6.21. The molecular weight excluding hydrogens is 176 g/mol. The molecule has 72 valence electrons. The van der Waals surface area contributed by atoms with Crippen molar-refractivity contribution in [1.29, 1.82) is 0 Å². The average molecular weight is 186 g/mol. The lowest BCUT2D eigenvalue weighted by Gasteiger charge is -2.00. The Morgan fingerprint density at radius 1 is 1.15 bits per heavy atom. The van der Waals surface area contributed by atoms with Gasteiger partial charge in [-0.05, 0) is 6.92 Å². The summed E-state index contributed by atoms with van der Waals surface area (Å²) in [4.78, 5) is 32.3. The molecule has 0 rings (SSSR count). The fraction of sp³-hybridized carbons (Fsp3) is 0.167. The highest BCUT2D eigenvalue weighted by Gasteiger charge is 2.14. The maximum absolute atomic E-state index is 10.9. The van der Waals surface area contributed by atoms with Crippen molar-refractivity contribution in [1.82, 2.24) is 10.9 Å². The molecule has 0 bridgehead atoms. The minimum atomic E-state index is -0.837. The molecule has 0 aliphatic rings. The van der Waals surface area contributed by atoms with Crippen molar-refractivity contribution in [3.8, 4) is 0 Å². The van der Waals surface area contributed by atoms with E-state index in [-0.39, 0.29) is 5.57 Å². The number of hydrazine groups is 2. The Morgan fingerprint density at radius 3 is 2.00 bits per heavy atom. The van der Waals surface area contributed by atoms with E-state index in [1.54, 1.807) is 10.9 Å². The van der Waals surface area contributed by atoms with Gasteiger partial charge in [-0.1, -0.05) is 0 Å². The van der Waals surface area contributed by atoms with E-state index in [9.17, 15) is 14.4 Å². The van der Waals surface area contributed by atoms with Gasteiger partial charge >= 0.3 is 0 Å². The Labute approximate surface area is 74.1 Å². The molecule has 0 unspecified atom stereocenters. The highest BCUT2D eigenvalue weighted by atomic mass is 16.2. The lowest BCUT2D eigenvalue weighted by molar-refractivity contribution is -0.123. The van der Waals surface area contributed by atoms with Crippen molar-refractivity contribution in [2.75, 3.05) is 0 Å². The Balaban J connectivity index is 4.81. The maximum atomic E-state index is 10.9. The van der Waals surface area contributed by atoms with Gasteiger partial charge in [-0.3, -0.25) is 25.2 Å². The summed E-state index contributed by atoms with van der Waals surface area (Å²) in [6.07, 6.45) is 0.768. The second-order valence-electron chi connectivity index (χ2n) is 2.10. The van der Waals surface area contributed by atoms with Crippen LogP contribution in [0.2, 0.25) is 0 Å². The van der Waals surface area contributed by atoms with Gasteiger partial charge in [0.05, 0.1) is 5.57 Å². The van der Waals surface area contributed by atoms with Crippen LogP contribution in [0.3, 0.4) is 0 Å². The van der Waals surface area contributed by atoms with E-state index in [1.807, 2.05) is 0 Å². The summed E-state index contributed by atoms with van der Waals surface area (Å²) < 4.78 is 0. The molecule has 0 aromatic heterocycles. The fourth-order valence-corrected chi connectivity index (χ4v) is 0.578. The second kappa shape index (κ2) is 5.01. The van der Waals surface area contributed by atoms with E-state index in [2.05, 4.69) is 0 Å². The molecule has 13 heavy (non-hydrogen) atoms. The number of carbonyl (C=O) groups excluding carboxylic acids is 3. The summed E-state index contributed by atoms with van der Waals surface area (Å²) >= 11 is 0. The van der Waals surface area contributed by atoms with Gasteiger partial charge < -0.3 is 0 Å². The molecule has 0 aromatic rings. The van der Waals surface area contributed by atoms with E-state index in [0.717, 1.165) is 13.0 Å². The third-order valence-corrected chi connectivity index (χ3v) is 1.17. The number of nitrogens with one attached hydrogen (secondary N) is 2. The van der Waals surface area contributed by atoms with Crippen LogP contribution in [0.1, 0.15) is 6.92 Å². The summed E-state index contributed by atoms with van der Waals surface area (Å²) in [7, 11) is 0. The third kappa shape index (κ3) is 3.45. The van der Waals surface area contributed by atoms with Gasteiger partial charge in [-0.25, -0.2) is 11.7 Å². The summed E-state index contributed by atoms with van der Waals surface area (Å²) in [5, 5.41) is 0. The van der Waals surface area contributed by atoms with Crippen molar-refractivity contribution in [3.63, 3.8) is 0 Å². The zero-order chi connectivity index (χ0) is 10.4. The first-order chi connectivity index (χ1) is 6.02. The van der Waals surface area contributed by atoms with Crippen molar-refractivity contribution in [2.45, 2.75) is 6.92 Å². The van der Waals surface area contributed by atoms with Crippen LogP contribution in [-0.4, -0.2) is 17.6 Å². The number of rotatable bonds is 3. The van der Waals surface area contributed by atoms with E-state index >= 15 is 0 Å². The fourth-order valence-electron chi connectivity index (χ4n) is 0.578. The SMILES string of the molecule is CC(=O)/C(=C/C(=O)NN)C(=O)NN. The molecule has 0 aliphatic carbocycles. The Bertz CT molecular complexity index is 271. The smallest absolute Gasteiger partial charge is 0.268 e. The van der Waals surface area contributed by atoms with Gasteiger partial charge in [-0.2, -0.15) is 0 Å². The van der Waals surface area contributed by atoms with Crippen LogP contribution in [0.5, 0.6) is 0 Å². The van der Waals surface area contributed by atoms with Crippen molar-refractivity contribution in [2.24, 2.45) is 11.7 Å². The highest BCUT2D eigenvalue weighted by Crippen LogP contribution is 1.95. The molecule has 0 atom stereocenters. The largest absolute Gasteiger partial charge is 0.294 e. The zero-order valence-electron chi connectivity index (χ0n) is 6.96. The molecule has 7 nitrogen and oxygen atoms in total. The van der Waals surface area contributed by atoms with Crippen LogP contribution >= 0.6 is 0 Å². The number of hydrogen-bond donors (Lipinski definition) is 4. The minimum Gasteiger partial charge on any atom is -0.294 e. The molecule has 0 spiro atoms. The van der Waals surface area contributed by atoms with Crippen molar-refractivity contribution >= 4 is 17.6 Å². The molecule has 0 saturated carbocycles. The van der Waals surface area contributed by atoms with Crippen molar-refractivity contribution in [3.05, 3.63) is 11.6 Å². The second-order valence-corrected chi connectivity index (χ2v) is 2.10. The van der Waals surface area contributed by atoms with Crippen LogP contribution in [0.4, 0.5) is 0 Å². The lowest BCUT2D eigenvalue weighted by Crippen LogP contribution is -2.35. The van der Waals surface area contributed by atoms with E-state index in [1.165, 1.54) is 0 Å². The summed E-state index contributed by atoms with van der Waals surface area (Å²) in [6, 6.07) is 0. The topological polar surface area (TPSA) is 127 Å². The molecule has 0 saturated heterocycles. The van der Waals surface area contributed by atoms with Crippen LogP contribution < -0.4 is 22.5 Å². The van der Waals surface area contributed by atoms with Crippen LogP contribution in [0.15, 0.2) is 11.6 Å².